The zero-order valence-electron chi connectivity index (χ0n) is 10.4. The molecule has 0 radical (unpaired) electrons. The minimum absolute atomic E-state index is 0.0978. The predicted octanol–water partition coefficient (Wildman–Crippen LogP) is 2.15. The van der Waals surface area contributed by atoms with E-state index in [1.165, 1.54) is 12.1 Å². The number of hydrogen-bond donors (Lipinski definition) is 0. The van der Waals surface area contributed by atoms with Crippen molar-refractivity contribution in [2.45, 2.75) is 25.0 Å². The van der Waals surface area contributed by atoms with Gasteiger partial charge in [0.1, 0.15) is 5.82 Å². The van der Waals surface area contributed by atoms with Gasteiger partial charge in [0.25, 0.3) is 0 Å². The molecule has 0 spiro atoms. The number of ether oxygens (including phenoxy) is 1. The van der Waals surface area contributed by atoms with Crippen LogP contribution in [0.4, 0.5) is 10.1 Å². The summed E-state index contributed by atoms with van der Waals surface area (Å²) in [5, 5.41) is -0.0978. The maximum Gasteiger partial charge on any atom is 0.240 e. The van der Waals surface area contributed by atoms with Crippen LogP contribution in [0.3, 0.4) is 0 Å². The number of nitrogens with zero attached hydrogens (tertiary/aromatic N) is 1. The van der Waals surface area contributed by atoms with Crippen LogP contribution < -0.4 is 4.90 Å². The minimum Gasteiger partial charge on any atom is -0.373 e. The van der Waals surface area contributed by atoms with Crippen molar-refractivity contribution in [2.75, 3.05) is 4.90 Å². The van der Waals surface area contributed by atoms with Crippen molar-refractivity contribution in [3.63, 3.8) is 0 Å². The normalized spacial score (nSPS) is 35.0. The Hall–Kier alpha value is -1.46. The Labute approximate surface area is 119 Å². The molecule has 0 saturated carbocycles. The Morgan fingerprint density at radius 1 is 1.15 bits per heavy atom. The molecule has 4 atom stereocenters. The first kappa shape index (κ1) is 12.3. The quantitative estimate of drug-likeness (QED) is 0.746. The highest BCUT2D eigenvalue weighted by Crippen LogP contribution is 2.49. The standard InChI is InChI=1S/C14H11ClFNO3/c15-7-5-6(1-2-8(7)16)17-13(18)11-9-3-4-10(20-9)12(11)14(17)19/h1-2,5,9-12H,3-4H2. The van der Waals surface area contributed by atoms with Gasteiger partial charge < -0.3 is 4.74 Å². The molecule has 3 saturated heterocycles. The second-order valence-corrected chi connectivity index (χ2v) is 5.86. The van der Waals surface area contributed by atoms with E-state index < -0.39 is 5.82 Å². The highest BCUT2D eigenvalue weighted by atomic mass is 35.5. The summed E-state index contributed by atoms with van der Waals surface area (Å²) in [6.45, 7) is 0. The molecule has 3 aliphatic heterocycles. The first-order valence-corrected chi connectivity index (χ1v) is 6.94. The summed E-state index contributed by atoms with van der Waals surface area (Å²) in [4.78, 5) is 26.1. The Kier molecular flexibility index (Phi) is 2.47. The third kappa shape index (κ3) is 1.45. The fraction of sp³-hybridized carbons (Fsp3) is 0.429. The van der Waals surface area contributed by atoms with E-state index in [0.29, 0.717) is 5.69 Å². The van der Waals surface area contributed by atoms with Gasteiger partial charge in [-0.3, -0.25) is 9.59 Å². The van der Waals surface area contributed by atoms with Gasteiger partial charge in [0.05, 0.1) is 34.8 Å². The van der Waals surface area contributed by atoms with Gasteiger partial charge in [-0.15, -0.1) is 0 Å². The smallest absolute Gasteiger partial charge is 0.240 e. The van der Waals surface area contributed by atoms with Crippen molar-refractivity contribution in [3.05, 3.63) is 29.0 Å². The summed E-state index contributed by atoms with van der Waals surface area (Å²) in [6, 6.07) is 3.88. The first-order chi connectivity index (χ1) is 9.58. The highest BCUT2D eigenvalue weighted by Gasteiger charge is 2.62. The van der Waals surface area contributed by atoms with Crippen molar-refractivity contribution < 1.29 is 18.7 Å². The number of carbonyl (C=O) groups is 2. The number of fused-ring (bicyclic) bond motifs is 5. The highest BCUT2D eigenvalue weighted by molar-refractivity contribution is 6.31. The van der Waals surface area contributed by atoms with Crippen LogP contribution in [0.15, 0.2) is 18.2 Å². The van der Waals surface area contributed by atoms with Gasteiger partial charge in [0.15, 0.2) is 0 Å². The van der Waals surface area contributed by atoms with Crippen LogP contribution in [0.25, 0.3) is 0 Å². The molecule has 0 aromatic heterocycles. The SMILES string of the molecule is O=C1C2C3CCC(O3)C2C(=O)N1c1ccc(F)c(Cl)c1. The van der Waals surface area contributed by atoms with Gasteiger partial charge >= 0.3 is 0 Å². The molecule has 2 bridgehead atoms. The molecule has 0 aliphatic carbocycles. The Bertz CT molecular complexity index is 607. The fourth-order valence-electron chi connectivity index (χ4n) is 3.59. The average molecular weight is 296 g/mol. The van der Waals surface area contributed by atoms with Gasteiger partial charge in [-0.25, -0.2) is 9.29 Å². The molecule has 1 aromatic rings. The molecule has 0 N–H and O–H groups in total. The second kappa shape index (κ2) is 4.02. The summed E-state index contributed by atoms with van der Waals surface area (Å²) in [7, 11) is 0. The number of amides is 2. The van der Waals surface area contributed by atoms with E-state index in [1.54, 1.807) is 0 Å². The van der Waals surface area contributed by atoms with Crippen LogP contribution in [0.2, 0.25) is 5.02 Å². The minimum atomic E-state index is -0.571. The van der Waals surface area contributed by atoms with Gasteiger partial charge in [-0.1, -0.05) is 11.6 Å². The van der Waals surface area contributed by atoms with Crippen molar-refractivity contribution in [1.82, 2.24) is 0 Å². The summed E-state index contributed by atoms with van der Waals surface area (Å²) in [5.74, 6) is -1.85. The molecular weight excluding hydrogens is 285 g/mol. The third-order valence-electron chi connectivity index (χ3n) is 4.45. The number of imide groups is 1. The number of anilines is 1. The van der Waals surface area contributed by atoms with Crippen molar-refractivity contribution >= 4 is 29.1 Å². The lowest BCUT2D eigenvalue weighted by molar-refractivity contribution is -0.124. The van der Waals surface area contributed by atoms with Crippen LogP contribution in [-0.2, 0) is 14.3 Å². The van der Waals surface area contributed by atoms with Crippen LogP contribution in [0.5, 0.6) is 0 Å². The molecule has 6 heteroatoms. The molecule has 4 rings (SSSR count). The largest absolute Gasteiger partial charge is 0.373 e. The molecule has 20 heavy (non-hydrogen) atoms. The zero-order chi connectivity index (χ0) is 14.0. The Balaban J connectivity index is 1.74. The number of carbonyl (C=O) groups excluding carboxylic acids is 2. The molecule has 3 fully saturated rings. The molecule has 2 amide bonds. The Morgan fingerprint density at radius 2 is 1.75 bits per heavy atom. The molecular formula is C14H11ClFNO3. The summed E-state index contributed by atoms with van der Waals surface area (Å²) in [5.41, 5.74) is 0.334. The molecule has 3 heterocycles. The maximum atomic E-state index is 13.2. The van der Waals surface area contributed by atoms with Gasteiger partial charge in [-0.2, -0.15) is 0 Å². The number of halogens is 2. The van der Waals surface area contributed by atoms with Crippen molar-refractivity contribution in [2.24, 2.45) is 11.8 Å². The van der Waals surface area contributed by atoms with E-state index in [1.807, 2.05) is 0 Å². The lowest BCUT2D eigenvalue weighted by Crippen LogP contribution is -2.34. The monoisotopic (exact) mass is 295 g/mol. The third-order valence-corrected chi connectivity index (χ3v) is 4.74. The van der Waals surface area contributed by atoms with Crippen LogP contribution in [0, 0.1) is 17.7 Å². The topological polar surface area (TPSA) is 46.6 Å². The van der Waals surface area contributed by atoms with Crippen molar-refractivity contribution in [3.8, 4) is 0 Å². The number of rotatable bonds is 1. The fourth-order valence-corrected chi connectivity index (χ4v) is 3.77. The molecule has 4 nitrogen and oxygen atoms in total. The maximum absolute atomic E-state index is 13.2. The van der Waals surface area contributed by atoms with E-state index in [2.05, 4.69) is 0 Å². The van der Waals surface area contributed by atoms with Gasteiger partial charge in [0.2, 0.25) is 11.8 Å². The van der Waals surface area contributed by atoms with Crippen molar-refractivity contribution in [1.29, 1.82) is 0 Å². The van der Waals surface area contributed by atoms with Gasteiger partial charge in [-0.05, 0) is 31.0 Å². The summed E-state index contributed by atoms with van der Waals surface area (Å²) >= 11 is 5.73. The lowest BCUT2D eigenvalue weighted by Gasteiger charge is -2.17. The summed E-state index contributed by atoms with van der Waals surface area (Å²) in [6.07, 6.45) is 1.34. The van der Waals surface area contributed by atoms with E-state index in [9.17, 15) is 14.0 Å². The summed E-state index contributed by atoms with van der Waals surface area (Å²) < 4.78 is 18.9. The van der Waals surface area contributed by atoms with Crippen LogP contribution in [-0.4, -0.2) is 24.0 Å². The van der Waals surface area contributed by atoms with E-state index >= 15 is 0 Å². The Morgan fingerprint density at radius 3 is 2.30 bits per heavy atom. The zero-order valence-corrected chi connectivity index (χ0v) is 11.1. The number of hydrogen-bond acceptors (Lipinski definition) is 3. The molecule has 3 aliphatic rings. The van der Waals surface area contributed by atoms with Crippen LogP contribution >= 0.6 is 11.6 Å². The first-order valence-electron chi connectivity index (χ1n) is 6.56. The van der Waals surface area contributed by atoms with E-state index in [0.717, 1.165) is 23.8 Å². The molecule has 4 unspecified atom stereocenters. The lowest BCUT2D eigenvalue weighted by atomic mass is 9.81. The second-order valence-electron chi connectivity index (χ2n) is 5.45. The van der Waals surface area contributed by atoms with Crippen LogP contribution in [0.1, 0.15) is 12.8 Å². The number of benzene rings is 1. The van der Waals surface area contributed by atoms with E-state index in [4.69, 9.17) is 16.3 Å². The average Bonchev–Trinajstić information content (AvgIpc) is 3.08. The molecule has 1 aromatic carbocycles. The van der Waals surface area contributed by atoms with E-state index in [-0.39, 0.29) is 40.9 Å². The molecule has 104 valence electrons. The predicted molar refractivity (Wildman–Crippen MR) is 68.8 cm³/mol. The van der Waals surface area contributed by atoms with Gasteiger partial charge in [0, 0.05) is 0 Å².